The lowest BCUT2D eigenvalue weighted by molar-refractivity contribution is -0.154. The van der Waals surface area contributed by atoms with Gasteiger partial charge >= 0.3 is 6.18 Å². The van der Waals surface area contributed by atoms with Gasteiger partial charge in [-0.3, -0.25) is 4.79 Å². The van der Waals surface area contributed by atoms with Gasteiger partial charge in [-0.25, -0.2) is 19.3 Å². The predicted molar refractivity (Wildman–Crippen MR) is 135 cm³/mol. The molecular formula is C28H34F4N4O2. The van der Waals surface area contributed by atoms with Crippen LogP contribution in [0.5, 0.6) is 5.88 Å². The van der Waals surface area contributed by atoms with E-state index in [1.165, 1.54) is 6.07 Å². The number of allylic oxidation sites excluding steroid dienone is 1. The molecular weight excluding hydrogens is 500 g/mol. The number of fused-ring (bicyclic) bond motifs is 1. The van der Waals surface area contributed by atoms with E-state index in [9.17, 15) is 18.0 Å². The molecule has 1 aliphatic carbocycles. The summed E-state index contributed by atoms with van der Waals surface area (Å²) in [5.74, 6) is 0.881. The van der Waals surface area contributed by atoms with Crippen molar-refractivity contribution in [3.8, 4) is 5.88 Å². The van der Waals surface area contributed by atoms with Crippen molar-refractivity contribution in [2.24, 2.45) is 5.92 Å². The van der Waals surface area contributed by atoms with Gasteiger partial charge in [0.25, 0.3) is 0 Å². The normalized spacial score (nSPS) is 22.7. The molecule has 2 aliphatic rings. The average Bonchev–Trinajstić information content (AvgIpc) is 3.09. The van der Waals surface area contributed by atoms with Gasteiger partial charge in [0.1, 0.15) is 11.5 Å². The molecule has 0 unspecified atom stereocenters. The van der Waals surface area contributed by atoms with Gasteiger partial charge in [0.05, 0.1) is 0 Å². The summed E-state index contributed by atoms with van der Waals surface area (Å²) in [6.45, 7) is 2.48. The van der Waals surface area contributed by atoms with Crippen molar-refractivity contribution in [1.82, 2.24) is 19.9 Å². The molecule has 0 atom stereocenters. The second-order valence-electron chi connectivity index (χ2n) is 10.4. The van der Waals surface area contributed by atoms with Gasteiger partial charge in [0, 0.05) is 62.2 Å². The number of aromatic nitrogens is 3. The fourth-order valence-electron chi connectivity index (χ4n) is 5.11. The van der Waals surface area contributed by atoms with E-state index in [-0.39, 0.29) is 17.6 Å². The zero-order valence-corrected chi connectivity index (χ0v) is 21.6. The molecule has 2 aromatic heterocycles. The summed E-state index contributed by atoms with van der Waals surface area (Å²) >= 11 is 0. The van der Waals surface area contributed by atoms with Crippen molar-refractivity contribution in [2.75, 3.05) is 26.2 Å². The lowest BCUT2D eigenvalue weighted by atomic mass is 9.76. The molecule has 0 saturated heterocycles. The van der Waals surface area contributed by atoms with Crippen molar-refractivity contribution in [1.29, 1.82) is 0 Å². The number of alkyl halides is 4. The quantitative estimate of drug-likeness (QED) is 0.313. The molecule has 1 aliphatic heterocycles. The second-order valence-corrected chi connectivity index (χ2v) is 10.4. The zero-order chi connectivity index (χ0) is 27.2. The van der Waals surface area contributed by atoms with E-state index < -0.39 is 18.5 Å². The third-order valence-electron chi connectivity index (χ3n) is 7.42. The molecule has 38 heavy (non-hydrogen) atoms. The molecule has 0 bridgehead atoms. The van der Waals surface area contributed by atoms with Crippen molar-refractivity contribution in [3.05, 3.63) is 53.2 Å². The van der Waals surface area contributed by atoms with E-state index in [4.69, 9.17) is 4.74 Å². The number of pyridine rings is 1. The number of aryl methyl sites for hydroxylation is 1. The van der Waals surface area contributed by atoms with Crippen LogP contribution in [0.25, 0.3) is 6.08 Å². The molecule has 1 saturated carbocycles. The molecule has 0 aromatic carbocycles. The minimum atomic E-state index is -4.41. The van der Waals surface area contributed by atoms with Crippen LogP contribution >= 0.6 is 0 Å². The van der Waals surface area contributed by atoms with Crippen molar-refractivity contribution >= 4 is 11.9 Å². The van der Waals surface area contributed by atoms with E-state index in [2.05, 4.69) is 19.9 Å². The summed E-state index contributed by atoms with van der Waals surface area (Å²) in [5, 5.41) is 0. The van der Waals surface area contributed by atoms with Gasteiger partial charge in [-0.1, -0.05) is 6.07 Å². The zero-order valence-electron chi connectivity index (χ0n) is 21.6. The maximum absolute atomic E-state index is 15.6. The maximum atomic E-state index is 15.6. The molecule has 4 rings (SSSR count). The van der Waals surface area contributed by atoms with E-state index in [0.29, 0.717) is 70.3 Å². The van der Waals surface area contributed by atoms with Gasteiger partial charge < -0.3 is 9.64 Å². The number of ketones is 1. The van der Waals surface area contributed by atoms with Crippen LogP contribution < -0.4 is 4.74 Å². The van der Waals surface area contributed by atoms with Crippen LogP contribution in [-0.2, 0) is 17.6 Å². The van der Waals surface area contributed by atoms with Crippen LogP contribution in [0.1, 0.15) is 61.2 Å². The number of hydrogen-bond acceptors (Lipinski definition) is 6. The monoisotopic (exact) mass is 534 g/mol. The number of carbonyl (C=O) groups excluding carboxylic acids is 1. The Balaban J connectivity index is 1.19. The highest BCUT2D eigenvalue weighted by Crippen LogP contribution is 2.39. The van der Waals surface area contributed by atoms with Crippen LogP contribution in [0.4, 0.5) is 17.6 Å². The number of nitrogens with zero attached hydrogens (tertiary/aromatic N) is 4. The van der Waals surface area contributed by atoms with Gasteiger partial charge in [0.15, 0.2) is 12.4 Å². The van der Waals surface area contributed by atoms with Crippen molar-refractivity contribution < 1.29 is 27.1 Å². The Kier molecular flexibility index (Phi) is 9.12. The van der Waals surface area contributed by atoms with Crippen LogP contribution in [0.2, 0.25) is 0 Å². The summed E-state index contributed by atoms with van der Waals surface area (Å²) in [5.41, 5.74) is 1.29. The van der Waals surface area contributed by atoms with E-state index in [1.807, 2.05) is 0 Å². The van der Waals surface area contributed by atoms with Gasteiger partial charge in [0.2, 0.25) is 5.88 Å². The Morgan fingerprint density at radius 1 is 1.16 bits per heavy atom. The largest absolute Gasteiger partial charge is 0.468 e. The molecule has 0 N–H and O–H groups in total. The molecule has 6 nitrogen and oxygen atoms in total. The first kappa shape index (κ1) is 28.1. The Morgan fingerprint density at radius 2 is 1.87 bits per heavy atom. The number of ether oxygens (including phenoxy) is 1. The van der Waals surface area contributed by atoms with Crippen molar-refractivity contribution in [3.63, 3.8) is 0 Å². The van der Waals surface area contributed by atoms with Gasteiger partial charge in [-0.2, -0.15) is 13.2 Å². The van der Waals surface area contributed by atoms with E-state index >= 15 is 4.39 Å². The third kappa shape index (κ3) is 8.58. The summed E-state index contributed by atoms with van der Waals surface area (Å²) in [6.07, 6.45) is 6.68. The fraction of sp³-hybridized carbons (Fsp3) is 0.571. The number of rotatable bonds is 9. The number of halogens is 4. The standard InChI is InChI=1S/C28H34F4N4O2/c1-20-33-17-22(18-34-20)2-4-24(37)16-21-6-10-27(29,11-7-21)12-15-36-13-8-23-3-5-26(35-25(23)9-14-36)38-19-28(30,31)32/h2-5,17-18,21H,6-16,19H2,1H3/b4-2+. The van der Waals surface area contributed by atoms with Gasteiger partial charge in [-0.15, -0.1) is 0 Å². The average molecular weight is 535 g/mol. The molecule has 0 radical (unpaired) electrons. The number of carbonyl (C=O) groups is 1. The molecule has 0 amide bonds. The minimum absolute atomic E-state index is 0.0212. The van der Waals surface area contributed by atoms with Crippen molar-refractivity contribution in [2.45, 2.75) is 70.1 Å². The molecule has 0 spiro atoms. The lowest BCUT2D eigenvalue weighted by Gasteiger charge is -2.35. The van der Waals surface area contributed by atoms with E-state index in [0.717, 1.165) is 23.4 Å². The molecule has 10 heteroatoms. The minimum Gasteiger partial charge on any atom is -0.468 e. The summed E-state index contributed by atoms with van der Waals surface area (Å²) < 4.78 is 57.7. The number of hydrogen-bond donors (Lipinski definition) is 0. The first-order valence-corrected chi connectivity index (χ1v) is 13.2. The smallest absolute Gasteiger partial charge is 0.422 e. The third-order valence-corrected chi connectivity index (χ3v) is 7.42. The molecule has 3 heterocycles. The summed E-state index contributed by atoms with van der Waals surface area (Å²) in [7, 11) is 0. The molecule has 1 fully saturated rings. The first-order chi connectivity index (χ1) is 18.1. The Bertz CT molecular complexity index is 1110. The van der Waals surface area contributed by atoms with Crippen LogP contribution in [-0.4, -0.2) is 63.7 Å². The topological polar surface area (TPSA) is 68.2 Å². The molecule has 2 aromatic rings. The lowest BCUT2D eigenvalue weighted by Crippen LogP contribution is -2.36. The first-order valence-electron chi connectivity index (χ1n) is 13.2. The van der Waals surface area contributed by atoms with E-state index in [1.54, 1.807) is 37.5 Å². The highest BCUT2D eigenvalue weighted by molar-refractivity contribution is 5.93. The molecule has 206 valence electrons. The SMILES string of the molecule is Cc1ncc(/C=C/C(=O)CC2CCC(F)(CCN3CCc4ccc(OCC(F)(F)F)nc4CC3)CC2)cn1. The van der Waals surface area contributed by atoms with Crippen LogP contribution in [0.15, 0.2) is 30.6 Å². The van der Waals surface area contributed by atoms with Crippen LogP contribution in [0.3, 0.4) is 0 Å². The Hall–Kier alpha value is -2.88. The highest BCUT2D eigenvalue weighted by Gasteiger charge is 2.36. The second kappa shape index (κ2) is 12.3. The summed E-state index contributed by atoms with van der Waals surface area (Å²) in [6, 6.07) is 3.26. The Morgan fingerprint density at radius 3 is 2.58 bits per heavy atom. The maximum Gasteiger partial charge on any atom is 0.422 e. The highest BCUT2D eigenvalue weighted by atomic mass is 19.4. The Labute approximate surface area is 220 Å². The van der Waals surface area contributed by atoms with Crippen LogP contribution in [0, 0.1) is 12.8 Å². The fourth-order valence-corrected chi connectivity index (χ4v) is 5.11. The van der Waals surface area contributed by atoms with Gasteiger partial charge in [-0.05, 0) is 69.1 Å². The predicted octanol–water partition coefficient (Wildman–Crippen LogP) is 5.48. The summed E-state index contributed by atoms with van der Waals surface area (Å²) in [4.78, 5) is 27.1.